The maximum atomic E-state index is 12.5. The second-order valence-corrected chi connectivity index (χ2v) is 8.10. The van der Waals surface area contributed by atoms with Crippen molar-refractivity contribution in [2.45, 2.75) is 50.7 Å². The van der Waals surface area contributed by atoms with E-state index in [4.69, 9.17) is 0 Å². The molecule has 2 rings (SSSR count). The van der Waals surface area contributed by atoms with E-state index >= 15 is 0 Å². The summed E-state index contributed by atoms with van der Waals surface area (Å²) < 4.78 is 28.4. The van der Waals surface area contributed by atoms with Crippen LogP contribution in [0.4, 0.5) is 0 Å². The fourth-order valence-electron chi connectivity index (χ4n) is 2.31. The molecule has 1 aromatic carbocycles. The van der Waals surface area contributed by atoms with Crippen molar-refractivity contribution >= 4 is 26.0 Å². The maximum absolute atomic E-state index is 12.5. The summed E-state index contributed by atoms with van der Waals surface area (Å²) in [5.74, 6) is 0.671. The van der Waals surface area contributed by atoms with Gasteiger partial charge in [-0.05, 0) is 49.4 Å². The van der Waals surface area contributed by atoms with Gasteiger partial charge in [0.2, 0.25) is 10.0 Å². The van der Waals surface area contributed by atoms with Crippen molar-refractivity contribution in [2.24, 2.45) is 5.92 Å². The molecule has 4 nitrogen and oxygen atoms in total. The van der Waals surface area contributed by atoms with Crippen LogP contribution in [0.5, 0.6) is 0 Å². The molecule has 1 aliphatic rings. The number of rotatable bonds is 6. The van der Waals surface area contributed by atoms with E-state index in [2.05, 4.69) is 20.7 Å². The molecule has 112 valence electrons. The number of aliphatic hydroxyl groups excluding tert-OH is 1. The number of halogens is 1. The van der Waals surface area contributed by atoms with Gasteiger partial charge in [-0.2, -0.15) is 0 Å². The Kier molecular flexibility index (Phi) is 4.89. The van der Waals surface area contributed by atoms with Crippen molar-refractivity contribution in [3.05, 3.63) is 27.7 Å². The predicted octanol–water partition coefficient (Wildman–Crippen LogP) is 2.72. The van der Waals surface area contributed by atoms with Crippen LogP contribution >= 0.6 is 15.9 Å². The lowest BCUT2D eigenvalue weighted by Crippen LogP contribution is -2.33. The lowest BCUT2D eigenvalue weighted by atomic mass is 10.2. The molecule has 1 aliphatic carbocycles. The van der Waals surface area contributed by atoms with Gasteiger partial charge in [0, 0.05) is 10.5 Å². The molecule has 0 aromatic heterocycles. The molecule has 6 heteroatoms. The molecule has 1 fully saturated rings. The van der Waals surface area contributed by atoms with E-state index in [1.54, 1.807) is 13.0 Å². The van der Waals surface area contributed by atoms with E-state index in [0.717, 1.165) is 6.42 Å². The molecule has 1 atom stereocenters. The quantitative estimate of drug-likeness (QED) is 0.818. The summed E-state index contributed by atoms with van der Waals surface area (Å²) in [6, 6.07) is 3.21. The number of hydrogen-bond donors (Lipinski definition) is 2. The average molecular weight is 362 g/mol. The zero-order chi connectivity index (χ0) is 14.9. The molecule has 0 saturated heterocycles. The molecule has 1 unspecified atom stereocenters. The topological polar surface area (TPSA) is 66.4 Å². The normalized spacial score (nSPS) is 17.2. The van der Waals surface area contributed by atoms with Crippen molar-refractivity contribution in [2.75, 3.05) is 0 Å². The lowest BCUT2D eigenvalue weighted by molar-refractivity contribution is 0.281. The van der Waals surface area contributed by atoms with Gasteiger partial charge in [-0.15, -0.1) is 0 Å². The highest BCUT2D eigenvalue weighted by atomic mass is 79.9. The fraction of sp³-hybridized carbons (Fsp3) is 0.571. The Morgan fingerprint density at radius 2 is 2.10 bits per heavy atom. The Labute approximate surface area is 128 Å². The summed E-state index contributed by atoms with van der Waals surface area (Å²) in [5, 5.41) is 9.22. The Morgan fingerprint density at radius 1 is 1.45 bits per heavy atom. The second kappa shape index (κ2) is 6.13. The average Bonchev–Trinajstić information content (AvgIpc) is 3.15. The van der Waals surface area contributed by atoms with Crippen LogP contribution in [0.1, 0.15) is 37.3 Å². The van der Waals surface area contributed by atoms with Gasteiger partial charge in [0.25, 0.3) is 0 Å². The summed E-state index contributed by atoms with van der Waals surface area (Å²) in [6.45, 7) is 3.47. The summed E-state index contributed by atoms with van der Waals surface area (Å²) in [4.78, 5) is 0.235. The number of sulfonamides is 1. The van der Waals surface area contributed by atoms with Crippen LogP contribution < -0.4 is 4.72 Å². The molecular formula is C14H20BrNO3S. The van der Waals surface area contributed by atoms with Crippen LogP contribution in [0.3, 0.4) is 0 Å². The Bertz CT molecular complexity index is 597. The molecular weight excluding hydrogens is 342 g/mol. The Balaban J connectivity index is 2.25. The SMILES string of the molecule is Cc1c(Br)cc(CO)cc1S(=O)(=O)NC(C)CC1CC1. The minimum absolute atomic E-state index is 0.0662. The molecule has 0 aliphatic heterocycles. The van der Waals surface area contributed by atoms with Crippen molar-refractivity contribution in [1.29, 1.82) is 0 Å². The Morgan fingerprint density at radius 3 is 2.65 bits per heavy atom. The number of benzene rings is 1. The molecule has 2 N–H and O–H groups in total. The highest BCUT2D eigenvalue weighted by Gasteiger charge is 2.27. The van der Waals surface area contributed by atoms with Crippen molar-refractivity contribution < 1.29 is 13.5 Å². The van der Waals surface area contributed by atoms with Gasteiger partial charge in [-0.3, -0.25) is 0 Å². The van der Waals surface area contributed by atoms with Gasteiger partial charge in [0.1, 0.15) is 0 Å². The van der Waals surface area contributed by atoms with Crippen molar-refractivity contribution in [1.82, 2.24) is 4.72 Å². The number of nitrogens with one attached hydrogen (secondary N) is 1. The van der Waals surface area contributed by atoms with Gasteiger partial charge in [-0.1, -0.05) is 28.8 Å². The molecule has 0 bridgehead atoms. The van der Waals surface area contributed by atoms with Crippen molar-refractivity contribution in [3.63, 3.8) is 0 Å². The second-order valence-electron chi connectivity index (χ2n) is 5.56. The monoisotopic (exact) mass is 361 g/mol. The maximum Gasteiger partial charge on any atom is 0.241 e. The smallest absolute Gasteiger partial charge is 0.241 e. The van der Waals surface area contributed by atoms with Crippen molar-refractivity contribution in [3.8, 4) is 0 Å². The molecule has 20 heavy (non-hydrogen) atoms. The van der Waals surface area contributed by atoms with Gasteiger partial charge in [0.05, 0.1) is 11.5 Å². The van der Waals surface area contributed by atoms with E-state index < -0.39 is 10.0 Å². The van der Waals surface area contributed by atoms with Crippen LogP contribution in [0.2, 0.25) is 0 Å². The lowest BCUT2D eigenvalue weighted by Gasteiger charge is -2.16. The van der Waals surface area contributed by atoms with Crippen LogP contribution in [0.15, 0.2) is 21.5 Å². The molecule has 0 spiro atoms. The highest BCUT2D eigenvalue weighted by Crippen LogP contribution is 2.34. The number of hydrogen-bond acceptors (Lipinski definition) is 3. The minimum atomic E-state index is -3.55. The van der Waals surface area contributed by atoms with Gasteiger partial charge >= 0.3 is 0 Å². The molecule has 0 amide bonds. The summed E-state index contributed by atoms with van der Waals surface area (Å²) in [6.07, 6.45) is 3.30. The summed E-state index contributed by atoms with van der Waals surface area (Å²) in [7, 11) is -3.55. The van der Waals surface area contributed by atoms with E-state index in [0.29, 0.717) is 21.5 Å². The highest BCUT2D eigenvalue weighted by molar-refractivity contribution is 9.10. The first-order valence-electron chi connectivity index (χ1n) is 6.75. The molecule has 1 aromatic rings. The van der Waals surface area contributed by atoms with Gasteiger partial charge in [-0.25, -0.2) is 13.1 Å². The standard InChI is InChI=1S/C14H20BrNO3S/c1-9(5-11-3-4-11)16-20(18,19)14-7-12(8-17)6-13(15)10(14)2/h6-7,9,11,16-17H,3-5,8H2,1-2H3. The zero-order valence-electron chi connectivity index (χ0n) is 11.7. The fourth-order valence-corrected chi connectivity index (χ4v) is 4.52. The van der Waals surface area contributed by atoms with Crippen LogP contribution in [0.25, 0.3) is 0 Å². The molecule has 0 radical (unpaired) electrons. The summed E-state index contributed by atoms with van der Waals surface area (Å²) >= 11 is 3.34. The first-order chi connectivity index (χ1) is 9.33. The minimum Gasteiger partial charge on any atom is -0.392 e. The van der Waals surface area contributed by atoms with Gasteiger partial charge < -0.3 is 5.11 Å². The first kappa shape index (κ1) is 15.9. The third kappa shape index (κ3) is 3.81. The van der Waals surface area contributed by atoms with E-state index in [9.17, 15) is 13.5 Å². The van der Waals surface area contributed by atoms with E-state index in [1.165, 1.54) is 18.9 Å². The third-order valence-electron chi connectivity index (χ3n) is 3.57. The van der Waals surface area contributed by atoms with Crippen LogP contribution in [-0.2, 0) is 16.6 Å². The molecule has 0 heterocycles. The summed E-state index contributed by atoms with van der Waals surface area (Å²) in [5.41, 5.74) is 1.24. The Hall–Kier alpha value is -0.430. The van der Waals surface area contributed by atoms with E-state index in [-0.39, 0.29) is 17.5 Å². The molecule has 1 saturated carbocycles. The predicted molar refractivity (Wildman–Crippen MR) is 81.9 cm³/mol. The van der Waals surface area contributed by atoms with Crippen LogP contribution in [0, 0.1) is 12.8 Å². The number of aliphatic hydroxyl groups is 1. The largest absolute Gasteiger partial charge is 0.392 e. The first-order valence-corrected chi connectivity index (χ1v) is 9.03. The van der Waals surface area contributed by atoms with Gasteiger partial charge in [0.15, 0.2) is 0 Å². The zero-order valence-corrected chi connectivity index (χ0v) is 14.1. The van der Waals surface area contributed by atoms with Crippen LogP contribution in [-0.4, -0.2) is 19.6 Å². The van der Waals surface area contributed by atoms with E-state index in [1.807, 2.05) is 6.92 Å². The third-order valence-corrected chi connectivity index (χ3v) is 6.11.